The van der Waals surface area contributed by atoms with E-state index in [1.165, 1.54) is 26.4 Å². The summed E-state index contributed by atoms with van der Waals surface area (Å²) in [4.78, 5) is 38.9. The fourth-order valence-electron chi connectivity index (χ4n) is 4.58. The number of carbonyl (C=O) groups is 2. The lowest BCUT2D eigenvalue weighted by molar-refractivity contribution is 0.0587. The van der Waals surface area contributed by atoms with Gasteiger partial charge in [0.15, 0.2) is 6.73 Å². The predicted octanol–water partition coefficient (Wildman–Crippen LogP) is 3.86. The molecule has 1 aromatic heterocycles. The van der Waals surface area contributed by atoms with Gasteiger partial charge in [0.05, 0.1) is 48.2 Å². The molecular weight excluding hydrogens is 450 g/mol. The smallest absolute Gasteiger partial charge is 0.339 e. The van der Waals surface area contributed by atoms with Crippen LogP contribution < -0.4 is 15.3 Å². The summed E-state index contributed by atoms with van der Waals surface area (Å²) >= 11 is 6.55. The summed E-state index contributed by atoms with van der Waals surface area (Å²) in [5, 5.41) is 1.23. The van der Waals surface area contributed by atoms with E-state index in [-0.39, 0.29) is 30.0 Å². The molecule has 2 aromatic carbocycles. The quantitative estimate of drug-likeness (QED) is 0.421. The van der Waals surface area contributed by atoms with Crippen LogP contribution in [0.1, 0.15) is 43.8 Å². The number of aryl methyl sites for hydroxylation is 1. The van der Waals surface area contributed by atoms with Crippen LogP contribution >= 0.6 is 11.6 Å². The molecule has 0 saturated carbocycles. The van der Waals surface area contributed by atoms with Gasteiger partial charge in [0.2, 0.25) is 0 Å². The Kier molecular flexibility index (Phi) is 5.25. The van der Waals surface area contributed by atoms with Gasteiger partial charge in [-0.1, -0.05) is 11.6 Å². The van der Waals surface area contributed by atoms with Crippen molar-refractivity contribution in [3.05, 3.63) is 67.5 Å². The highest BCUT2D eigenvalue weighted by Crippen LogP contribution is 2.42. The lowest BCUT2D eigenvalue weighted by Gasteiger charge is -2.32. The van der Waals surface area contributed by atoms with Crippen molar-refractivity contribution in [1.82, 2.24) is 0 Å². The second-order valence-electron chi connectivity index (χ2n) is 7.93. The summed E-state index contributed by atoms with van der Waals surface area (Å²) < 4.78 is 21.4. The van der Waals surface area contributed by atoms with Crippen LogP contribution in [0.4, 0.5) is 5.69 Å². The zero-order valence-corrected chi connectivity index (χ0v) is 18.8. The first-order valence-corrected chi connectivity index (χ1v) is 10.8. The molecule has 2 heterocycles. The Labute approximate surface area is 193 Å². The lowest BCUT2D eigenvalue weighted by atomic mass is 10.0. The van der Waals surface area contributed by atoms with Crippen molar-refractivity contribution in [3.63, 3.8) is 0 Å². The van der Waals surface area contributed by atoms with Crippen molar-refractivity contribution in [3.8, 4) is 5.75 Å². The number of hydrogen-bond donors (Lipinski definition) is 0. The van der Waals surface area contributed by atoms with Crippen LogP contribution in [0.25, 0.3) is 11.0 Å². The van der Waals surface area contributed by atoms with E-state index in [9.17, 15) is 14.4 Å². The molecule has 0 N–H and O–H groups in total. The maximum atomic E-state index is 12.6. The Morgan fingerprint density at radius 2 is 1.79 bits per heavy atom. The zero-order valence-electron chi connectivity index (χ0n) is 18.0. The molecule has 2 aliphatic rings. The summed E-state index contributed by atoms with van der Waals surface area (Å²) in [6.45, 7) is 0.296. The SMILES string of the molecule is COC(=O)c1ccc(C(=O)OC)c(N2COc3c(Cl)cc4c5c(c(=O)oc4c3C2)CCC5)c1. The molecule has 0 amide bonds. The van der Waals surface area contributed by atoms with Gasteiger partial charge in [0.25, 0.3) is 0 Å². The molecule has 33 heavy (non-hydrogen) atoms. The van der Waals surface area contributed by atoms with E-state index >= 15 is 0 Å². The van der Waals surface area contributed by atoms with Gasteiger partial charge in [-0.15, -0.1) is 0 Å². The van der Waals surface area contributed by atoms with Crippen LogP contribution in [-0.4, -0.2) is 32.9 Å². The molecule has 1 aliphatic carbocycles. The van der Waals surface area contributed by atoms with Crippen molar-refractivity contribution in [2.24, 2.45) is 0 Å². The number of esters is 2. The third kappa shape index (κ3) is 3.41. The van der Waals surface area contributed by atoms with E-state index in [1.54, 1.807) is 17.0 Å². The number of carbonyl (C=O) groups excluding carboxylic acids is 2. The molecule has 9 heteroatoms. The molecule has 8 nitrogen and oxygen atoms in total. The highest BCUT2D eigenvalue weighted by atomic mass is 35.5. The highest BCUT2D eigenvalue weighted by Gasteiger charge is 2.30. The maximum Gasteiger partial charge on any atom is 0.339 e. The van der Waals surface area contributed by atoms with E-state index in [0.29, 0.717) is 39.6 Å². The van der Waals surface area contributed by atoms with Crippen molar-refractivity contribution in [2.45, 2.75) is 25.8 Å². The van der Waals surface area contributed by atoms with E-state index in [1.807, 2.05) is 0 Å². The standard InChI is InChI=1S/C24H20ClNO7/c1-30-22(27)12-6-7-15(23(28)31-2)19(8-12)26-10-17-20-16(9-18(25)21(17)32-11-26)13-4-3-5-14(13)24(29)33-20/h6-9H,3-5,10-11H2,1-2H3. The summed E-state index contributed by atoms with van der Waals surface area (Å²) in [7, 11) is 2.57. The molecule has 0 bridgehead atoms. The first-order chi connectivity index (χ1) is 15.9. The third-order valence-electron chi connectivity index (χ3n) is 6.14. The third-order valence-corrected chi connectivity index (χ3v) is 6.42. The van der Waals surface area contributed by atoms with Crippen molar-refractivity contribution in [1.29, 1.82) is 0 Å². The van der Waals surface area contributed by atoms with E-state index in [4.69, 9.17) is 30.2 Å². The lowest BCUT2D eigenvalue weighted by Crippen LogP contribution is -2.33. The number of fused-ring (bicyclic) bond motifs is 5. The molecular formula is C24H20ClNO7. The first kappa shape index (κ1) is 21.3. The van der Waals surface area contributed by atoms with Gasteiger partial charge in [0, 0.05) is 10.9 Å². The van der Waals surface area contributed by atoms with Crippen LogP contribution in [0.2, 0.25) is 5.02 Å². The van der Waals surface area contributed by atoms with E-state index in [2.05, 4.69) is 0 Å². The zero-order chi connectivity index (χ0) is 23.3. The van der Waals surface area contributed by atoms with Gasteiger partial charge in [-0.3, -0.25) is 0 Å². The molecule has 0 unspecified atom stereocenters. The average molecular weight is 470 g/mol. The number of hydrogen-bond acceptors (Lipinski definition) is 8. The number of nitrogens with zero attached hydrogens (tertiary/aromatic N) is 1. The Morgan fingerprint density at radius 1 is 1.03 bits per heavy atom. The Hall–Kier alpha value is -3.52. The Bertz CT molecular complexity index is 1380. The average Bonchev–Trinajstić information content (AvgIpc) is 3.34. The molecule has 0 spiro atoms. The topological polar surface area (TPSA) is 95.3 Å². The molecule has 170 valence electrons. The van der Waals surface area contributed by atoms with E-state index in [0.717, 1.165) is 23.8 Å². The fraction of sp³-hybridized carbons (Fsp3) is 0.292. The molecule has 0 fully saturated rings. The number of ether oxygens (including phenoxy) is 3. The monoisotopic (exact) mass is 469 g/mol. The van der Waals surface area contributed by atoms with Gasteiger partial charge in [-0.2, -0.15) is 0 Å². The van der Waals surface area contributed by atoms with Gasteiger partial charge in [0.1, 0.15) is 11.3 Å². The number of methoxy groups -OCH3 is 2. The normalized spacial score (nSPS) is 14.5. The summed E-state index contributed by atoms with van der Waals surface area (Å²) in [6.07, 6.45) is 2.36. The maximum absolute atomic E-state index is 12.6. The van der Waals surface area contributed by atoms with Crippen LogP contribution in [0.3, 0.4) is 0 Å². The fourth-order valence-corrected chi connectivity index (χ4v) is 4.86. The highest BCUT2D eigenvalue weighted by molar-refractivity contribution is 6.33. The van der Waals surface area contributed by atoms with Gasteiger partial charge in [-0.25, -0.2) is 14.4 Å². The number of halogens is 1. The summed E-state index contributed by atoms with van der Waals surface area (Å²) in [5.74, 6) is -0.668. The minimum atomic E-state index is -0.562. The van der Waals surface area contributed by atoms with Crippen LogP contribution in [-0.2, 0) is 28.9 Å². The molecule has 0 atom stereocenters. The van der Waals surface area contributed by atoms with Gasteiger partial charge >= 0.3 is 17.6 Å². The molecule has 1 aliphatic heterocycles. The number of anilines is 1. The summed E-state index contributed by atoms with van der Waals surface area (Å²) in [5.41, 5.74) is 3.30. The predicted molar refractivity (Wildman–Crippen MR) is 120 cm³/mol. The Morgan fingerprint density at radius 3 is 2.55 bits per heavy atom. The molecule has 0 saturated heterocycles. The van der Waals surface area contributed by atoms with Crippen molar-refractivity contribution < 1.29 is 28.2 Å². The number of benzene rings is 2. The molecule has 5 rings (SSSR count). The Balaban J connectivity index is 1.66. The second kappa shape index (κ2) is 8.12. The van der Waals surface area contributed by atoms with Gasteiger partial charge < -0.3 is 23.5 Å². The first-order valence-electron chi connectivity index (χ1n) is 10.4. The van der Waals surface area contributed by atoms with Crippen molar-refractivity contribution in [2.75, 3.05) is 25.9 Å². The number of rotatable bonds is 3. The molecule has 3 aromatic rings. The van der Waals surface area contributed by atoms with Crippen LogP contribution in [0, 0.1) is 0 Å². The van der Waals surface area contributed by atoms with E-state index < -0.39 is 11.9 Å². The summed E-state index contributed by atoms with van der Waals surface area (Å²) in [6, 6.07) is 6.34. The largest absolute Gasteiger partial charge is 0.471 e. The minimum absolute atomic E-state index is 0.0576. The van der Waals surface area contributed by atoms with Crippen molar-refractivity contribution >= 4 is 40.2 Å². The molecule has 0 radical (unpaired) electrons. The van der Waals surface area contributed by atoms with Crippen LogP contribution in [0.5, 0.6) is 5.75 Å². The van der Waals surface area contributed by atoms with Crippen LogP contribution in [0.15, 0.2) is 33.5 Å². The minimum Gasteiger partial charge on any atom is -0.471 e. The van der Waals surface area contributed by atoms with Gasteiger partial charge in [-0.05, 0) is 49.1 Å². The second-order valence-corrected chi connectivity index (χ2v) is 8.34.